The van der Waals surface area contributed by atoms with Crippen molar-refractivity contribution < 1.29 is 9.50 Å². The molecule has 1 saturated heterocycles. The van der Waals surface area contributed by atoms with Crippen LogP contribution in [0.4, 0.5) is 10.2 Å². The third kappa shape index (κ3) is 3.96. The third-order valence-corrected chi connectivity index (χ3v) is 4.96. The Labute approximate surface area is 154 Å². The first kappa shape index (κ1) is 18.6. The Balaban J connectivity index is 1.83. The maximum atomic E-state index is 13.5. The summed E-state index contributed by atoms with van der Waals surface area (Å²) in [6, 6.07) is 7.78. The Bertz CT molecular complexity index is 773. The summed E-state index contributed by atoms with van der Waals surface area (Å²) in [6.45, 7) is 8.87. The topological polar surface area (TPSA) is 61.3 Å². The van der Waals surface area contributed by atoms with Gasteiger partial charge in [-0.25, -0.2) is 4.39 Å². The van der Waals surface area contributed by atoms with Crippen LogP contribution >= 0.6 is 0 Å². The van der Waals surface area contributed by atoms with Crippen LogP contribution in [0.1, 0.15) is 40.5 Å². The number of aromatic nitrogens is 2. The maximum absolute atomic E-state index is 13.5. The van der Waals surface area contributed by atoms with Crippen LogP contribution in [0.5, 0.6) is 5.75 Å². The molecule has 2 aromatic rings. The van der Waals surface area contributed by atoms with Crippen LogP contribution < -0.4 is 10.2 Å². The van der Waals surface area contributed by atoms with Gasteiger partial charge in [0.2, 0.25) is 0 Å². The number of nitrogens with one attached hydrogen (secondary N) is 1. The molecule has 0 spiro atoms. The fraction of sp³-hybridized carbons (Fsp3) is 0.500. The SMILES string of the molecule is CN(c1ccc(-c2cc(F)ccc2O)nn1)C1CC(C)(C)NC(C)(C)C1. The molecule has 0 atom stereocenters. The highest BCUT2D eigenvalue weighted by atomic mass is 19.1. The Morgan fingerprint density at radius 2 is 1.73 bits per heavy atom. The lowest BCUT2D eigenvalue weighted by Crippen LogP contribution is -2.62. The van der Waals surface area contributed by atoms with Crippen molar-refractivity contribution in [2.45, 2.75) is 57.7 Å². The van der Waals surface area contributed by atoms with Crippen molar-refractivity contribution in [3.63, 3.8) is 0 Å². The van der Waals surface area contributed by atoms with E-state index in [0.29, 0.717) is 17.3 Å². The van der Waals surface area contributed by atoms with Crippen LogP contribution in [0.3, 0.4) is 0 Å². The fourth-order valence-electron chi connectivity index (χ4n) is 4.10. The number of phenols is 1. The van der Waals surface area contributed by atoms with Crippen LogP contribution in [-0.2, 0) is 0 Å². The molecule has 0 unspecified atom stereocenters. The van der Waals surface area contributed by atoms with Gasteiger partial charge in [0.15, 0.2) is 5.82 Å². The molecule has 3 rings (SSSR count). The highest BCUT2D eigenvalue weighted by Crippen LogP contribution is 2.33. The van der Waals surface area contributed by atoms with E-state index in [9.17, 15) is 9.50 Å². The Morgan fingerprint density at radius 3 is 2.31 bits per heavy atom. The lowest BCUT2D eigenvalue weighted by atomic mass is 9.79. The van der Waals surface area contributed by atoms with Gasteiger partial charge in [-0.15, -0.1) is 10.2 Å². The van der Waals surface area contributed by atoms with Gasteiger partial charge in [0, 0.05) is 29.7 Å². The van der Waals surface area contributed by atoms with E-state index in [2.05, 4.69) is 48.1 Å². The van der Waals surface area contributed by atoms with Crippen molar-refractivity contribution in [3.8, 4) is 17.0 Å². The van der Waals surface area contributed by atoms with Crippen LogP contribution in [0.25, 0.3) is 11.3 Å². The van der Waals surface area contributed by atoms with E-state index in [1.807, 2.05) is 13.1 Å². The quantitative estimate of drug-likeness (QED) is 0.875. The molecule has 0 aliphatic carbocycles. The molecule has 2 N–H and O–H groups in total. The van der Waals surface area contributed by atoms with Gasteiger partial charge in [-0.1, -0.05) is 0 Å². The van der Waals surface area contributed by atoms with Crippen molar-refractivity contribution >= 4 is 5.82 Å². The first-order valence-electron chi connectivity index (χ1n) is 8.91. The van der Waals surface area contributed by atoms with E-state index >= 15 is 0 Å². The molecule has 0 bridgehead atoms. The fourth-order valence-corrected chi connectivity index (χ4v) is 4.10. The second kappa shape index (κ2) is 6.50. The smallest absolute Gasteiger partial charge is 0.151 e. The maximum Gasteiger partial charge on any atom is 0.151 e. The van der Waals surface area contributed by atoms with Crippen LogP contribution in [0, 0.1) is 5.82 Å². The second-order valence-corrected chi connectivity index (χ2v) is 8.50. The van der Waals surface area contributed by atoms with Gasteiger partial charge in [-0.2, -0.15) is 0 Å². The number of benzene rings is 1. The first-order chi connectivity index (χ1) is 12.1. The molecular formula is C20H27FN4O. The summed E-state index contributed by atoms with van der Waals surface area (Å²) in [5, 5.41) is 22.1. The third-order valence-electron chi connectivity index (χ3n) is 4.96. The highest BCUT2D eigenvalue weighted by molar-refractivity contribution is 5.66. The number of nitrogens with zero attached hydrogens (tertiary/aromatic N) is 3. The zero-order chi connectivity index (χ0) is 19.1. The highest BCUT2D eigenvalue weighted by Gasteiger charge is 2.39. The summed E-state index contributed by atoms with van der Waals surface area (Å²) in [7, 11) is 2.03. The standard InChI is InChI=1S/C20H27FN4O/c1-19(2)11-14(12-20(3,4)24-19)25(5)18-9-7-16(22-23-18)15-10-13(21)6-8-17(15)26/h6-10,14,24,26H,11-12H2,1-5H3. The molecule has 26 heavy (non-hydrogen) atoms. The normalized spacial score (nSPS) is 19.3. The van der Waals surface area contributed by atoms with Gasteiger partial charge in [0.25, 0.3) is 0 Å². The van der Waals surface area contributed by atoms with E-state index in [0.717, 1.165) is 18.7 Å². The Hall–Kier alpha value is -2.21. The molecule has 1 fully saturated rings. The molecule has 140 valence electrons. The number of rotatable bonds is 3. The molecule has 1 aromatic carbocycles. The summed E-state index contributed by atoms with van der Waals surface area (Å²) in [6.07, 6.45) is 2.00. The lowest BCUT2D eigenvalue weighted by Gasteiger charge is -2.49. The molecule has 6 heteroatoms. The van der Waals surface area contributed by atoms with Crippen molar-refractivity contribution in [2.24, 2.45) is 0 Å². The lowest BCUT2D eigenvalue weighted by molar-refractivity contribution is 0.160. The number of anilines is 1. The van der Waals surface area contributed by atoms with Gasteiger partial charge in [0.1, 0.15) is 11.6 Å². The van der Waals surface area contributed by atoms with E-state index in [1.54, 1.807) is 6.07 Å². The Morgan fingerprint density at radius 1 is 1.08 bits per heavy atom. The number of halogens is 1. The molecule has 1 aliphatic heterocycles. The molecule has 0 amide bonds. The summed E-state index contributed by atoms with van der Waals surface area (Å²) >= 11 is 0. The zero-order valence-electron chi connectivity index (χ0n) is 16.0. The zero-order valence-corrected chi connectivity index (χ0v) is 16.0. The van der Waals surface area contributed by atoms with E-state index < -0.39 is 5.82 Å². The summed E-state index contributed by atoms with van der Waals surface area (Å²) in [5.41, 5.74) is 0.879. The predicted octanol–water partition coefficient (Wildman–Crippen LogP) is 3.73. The van der Waals surface area contributed by atoms with Crippen LogP contribution in [0.2, 0.25) is 0 Å². The largest absolute Gasteiger partial charge is 0.507 e. The number of phenolic OH excluding ortho intramolecular Hbond substituents is 1. The predicted molar refractivity (Wildman–Crippen MR) is 102 cm³/mol. The van der Waals surface area contributed by atoms with Gasteiger partial charge in [-0.05, 0) is 70.9 Å². The summed E-state index contributed by atoms with van der Waals surface area (Å²) in [4.78, 5) is 2.16. The average Bonchev–Trinajstić information content (AvgIpc) is 2.54. The van der Waals surface area contributed by atoms with Gasteiger partial charge in [0.05, 0.1) is 5.69 Å². The van der Waals surface area contributed by atoms with Crippen LogP contribution in [0.15, 0.2) is 30.3 Å². The summed E-state index contributed by atoms with van der Waals surface area (Å²) < 4.78 is 13.5. The number of hydrogen-bond acceptors (Lipinski definition) is 5. The van der Waals surface area contributed by atoms with Gasteiger partial charge >= 0.3 is 0 Å². The van der Waals surface area contributed by atoms with Crippen molar-refractivity contribution in [1.82, 2.24) is 15.5 Å². The minimum Gasteiger partial charge on any atom is -0.507 e. The number of hydrogen-bond donors (Lipinski definition) is 2. The number of piperidine rings is 1. The molecule has 1 aliphatic rings. The number of aromatic hydroxyl groups is 1. The molecular weight excluding hydrogens is 331 g/mol. The minimum absolute atomic E-state index is 0.0105. The molecule has 5 nitrogen and oxygen atoms in total. The Kier molecular flexibility index (Phi) is 4.65. The van der Waals surface area contributed by atoms with Crippen molar-refractivity contribution in [1.29, 1.82) is 0 Å². The van der Waals surface area contributed by atoms with Gasteiger partial charge in [-0.3, -0.25) is 0 Å². The van der Waals surface area contributed by atoms with E-state index in [-0.39, 0.29) is 16.8 Å². The van der Waals surface area contributed by atoms with E-state index in [1.165, 1.54) is 18.2 Å². The monoisotopic (exact) mass is 358 g/mol. The summed E-state index contributed by atoms with van der Waals surface area (Å²) in [5.74, 6) is 0.340. The molecule has 0 saturated carbocycles. The van der Waals surface area contributed by atoms with E-state index in [4.69, 9.17) is 0 Å². The molecule has 1 aromatic heterocycles. The van der Waals surface area contributed by atoms with Crippen molar-refractivity contribution in [3.05, 3.63) is 36.1 Å². The average molecular weight is 358 g/mol. The molecule has 2 heterocycles. The molecule has 0 radical (unpaired) electrons. The second-order valence-electron chi connectivity index (χ2n) is 8.50. The first-order valence-corrected chi connectivity index (χ1v) is 8.91. The van der Waals surface area contributed by atoms with Gasteiger partial charge < -0.3 is 15.3 Å². The van der Waals surface area contributed by atoms with Crippen LogP contribution in [-0.4, -0.2) is 39.5 Å². The van der Waals surface area contributed by atoms with Crippen molar-refractivity contribution in [2.75, 3.05) is 11.9 Å². The minimum atomic E-state index is -0.417.